The zero-order chi connectivity index (χ0) is 24.6. The van der Waals surface area contributed by atoms with Gasteiger partial charge in [-0.2, -0.15) is 5.10 Å². The summed E-state index contributed by atoms with van der Waals surface area (Å²) in [6.07, 6.45) is 1.62. The smallest absolute Gasteiger partial charge is 0.271 e. The van der Waals surface area contributed by atoms with Crippen molar-refractivity contribution in [3.63, 3.8) is 0 Å². The molecule has 1 saturated heterocycles. The lowest BCUT2D eigenvalue weighted by Gasteiger charge is -2.26. The summed E-state index contributed by atoms with van der Waals surface area (Å²) in [6, 6.07) is 29.9. The minimum atomic E-state index is -0.237. The maximum atomic E-state index is 12.4. The van der Waals surface area contributed by atoms with E-state index in [1.165, 1.54) is 16.3 Å². The quantitative estimate of drug-likeness (QED) is 0.285. The summed E-state index contributed by atoms with van der Waals surface area (Å²) in [7, 11) is 0. The van der Waals surface area contributed by atoms with Crippen molar-refractivity contribution in [2.75, 3.05) is 26.3 Å². The largest absolute Gasteiger partial charge is 0.489 e. The lowest BCUT2D eigenvalue weighted by atomic mass is 10.1. The number of hydrazone groups is 1. The predicted octanol–water partition coefficient (Wildman–Crippen LogP) is 5.01. The Balaban J connectivity index is 1.09. The first kappa shape index (κ1) is 23.7. The number of nitrogens with one attached hydrogen (secondary N) is 1. The van der Waals surface area contributed by atoms with Gasteiger partial charge in [-0.05, 0) is 69.9 Å². The highest BCUT2D eigenvalue weighted by atomic mass is 16.5. The Morgan fingerprint density at radius 2 is 1.61 bits per heavy atom. The molecule has 0 radical (unpaired) electrons. The van der Waals surface area contributed by atoms with Crippen molar-refractivity contribution in [3.05, 3.63) is 113 Å². The third kappa shape index (κ3) is 6.36. The summed E-state index contributed by atoms with van der Waals surface area (Å²) in [5.41, 5.74) is 6.35. The fourth-order valence-electron chi connectivity index (χ4n) is 4.15. The van der Waals surface area contributed by atoms with E-state index in [-0.39, 0.29) is 5.91 Å². The topological polar surface area (TPSA) is 63.2 Å². The van der Waals surface area contributed by atoms with E-state index in [0.717, 1.165) is 49.7 Å². The molecule has 1 heterocycles. The number of fused-ring (bicyclic) bond motifs is 1. The molecule has 1 aliphatic heterocycles. The van der Waals surface area contributed by atoms with Crippen LogP contribution >= 0.6 is 0 Å². The van der Waals surface area contributed by atoms with Crippen LogP contribution in [0.3, 0.4) is 0 Å². The highest BCUT2D eigenvalue weighted by molar-refractivity contribution is 5.94. The molecule has 0 aromatic heterocycles. The fourth-order valence-corrected chi connectivity index (χ4v) is 4.15. The van der Waals surface area contributed by atoms with E-state index in [2.05, 4.69) is 45.8 Å². The number of morpholine rings is 1. The first-order chi connectivity index (χ1) is 17.7. The summed E-state index contributed by atoms with van der Waals surface area (Å²) in [5.74, 6) is 0.543. The van der Waals surface area contributed by atoms with Crippen LogP contribution in [-0.4, -0.2) is 43.3 Å². The van der Waals surface area contributed by atoms with Gasteiger partial charge in [0.15, 0.2) is 0 Å². The number of amides is 1. The number of ether oxygens (including phenoxy) is 2. The van der Waals surface area contributed by atoms with Crippen molar-refractivity contribution in [3.8, 4) is 5.75 Å². The molecule has 6 heteroatoms. The molecule has 182 valence electrons. The van der Waals surface area contributed by atoms with Crippen LogP contribution in [0.15, 0.2) is 96.1 Å². The van der Waals surface area contributed by atoms with E-state index in [4.69, 9.17) is 9.47 Å². The molecule has 0 bridgehead atoms. The van der Waals surface area contributed by atoms with Crippen molar-refractivity contribution >= 4 is 22.9 Å². The van der Waals surface area contributed by atoms with Gasteiger partial charge in [-0.15, -0.1) is 0 Å². The molecule has 0 atom stereocenters. The first-order valence-electron chi connectivity index (χ1n) is 12.2. The lowest BCUT2D eigenvalue weighted by Crippen LogP contribution is -2.35. The van der Waals surface area contributed by atoms with Gasteiger partial charge in [0.2, 0.25) is 0 Å². The van der Waals surface area contributed by atoms with Gasteiger partial charge in [-0.25, -0.2) is 5.43 Å². The number of nitrogens with zero attached hydrogens (tertiary/aromatic N) is 2. The summed E-state index contributed by atoms with van der Waals surface area (Å²) < 4.78 is 11.3. The maximum Gasteiger partial charge on any atom is 0.271 e. The van der Waals surface area contributed by atoms with Crippen LogP contribution in [0.2, 0.25) is 0 Å². The minimum absolute atomic E-state index is 0.237. The number of rotatable bonds is 8. The van der Waals surface area contributed by atoms with E-state index in [1.54, 1.807) is 6.21 Å². The van der Waals surface area contributed by atoms with Crippen molar-refractivity contribution < 1.29 is 14.3 Å². The van der Waals surface area contributed by atoms with Gasteiger partial charge in [0.05, 0.1) is 19.4 Å². The Labute approximate surface area is 211 Å². The van der Waals surface area contributed by atoms with E-state index in [9.17, 15) is 4.79 Å². The van der Waals surface area contributed by atoms with Gasteiger partial charge in [-0.3, -0.25) is 9.69 Å². The van der Waals surface area contributed by atoms with Crippen LogP contribution in [0.1, 0.15) is 27.0 Å². The van der Waals surface area contributed by atoms with E-state index >= 15 is 0 Å². The summed E-state index contributed by atoms with van der Waals surface area (Å²) in [6.45, 7) is 4.80. The molecule has 1 aliphatic rings. The standard InChI is InChI=1S/C30H29N3O3/c34-30(27-11-5-24(6-12-27)21-33-15-17-35-18-16-33)32-31-20-23-8-13-29(14-9-23)36-22-25-7-10-26-3-1-2-4-28(26)19-25/h1-14,19-20H,15-18,21-22H2,(H,32,34). The van der Waals surface area contributed by atoms with Crippen LogP contribution < -0.4 is 10.2 Å². The van der Waals surface area contributed by atoms with Gasteiger partial charge in [0, 0.05) is 25.2 Å². The normalized spacial score (nSPS) is 14.2. The summed E-state index contributed by atoms with van der Waals surface area (Å²) >= 11 is 0. The number of carbonyl (C=O) groups is 1. The highest BCUT2D eigenvalue weighted by Gasteiger charge is 2.11. The van der Waals surface area contributed by atoms with Crippen LogP contribution in [-0.2, 0) is 17.9 Å². The summed E-state index contributed by atoms with van der Waals surface area (Å²) in [4.78, 5) is 14.8. The molecule has 1 amide bonds. The van der Waals surface area contributed by atoms with Crippen LogP contribution in [0.4, 0.5) is 0 Å². The third-order valence-electron chi connectivity index (χ3n) is 6.21. The van der Waals surface area contributed by atoms with E-state index < -0.39 is 0 Å². The summed E-state index contributed by atoms with van der Waals surface area (Å²) in [5, 5.41) is 6.52. The molecule has 6 nitrogen and oxygen atoms in total. The molecule has 5 rings (SSSR count). The van der Waals surface area contributed by atoms with Gasteiger partial charge in [0.1, 0.15) is 12.4 Å². The molecule has 1 N–H and O–H groups in total. The Hall–Kier alpha value is -4.00. The Kier molecular flexibility index (Phi) is 7.66. The van der Waals surface area contributed by atoms with Crippen LogP contribution in [0, 0.1) is 0 Å². The Bertz CT molecular complexity index is 1330. The molecule has 0 aliphatic carbocycles. The van der Waals surface area contributed by atoms with Crippen molar-refractivity contribution in [2.24, 2.45) is 5.10 Å². The number of carbonyl (C=O) groups excluding carboxylic acids is 1. The van der Waals surface area contributed by atoms with Gasteiger partial charge >= 0.3 is 0 Å². The third-order valence-corrected chi connectivity index (χ3v) is 6.21. The zero-order valence-electron chi connectivity index (χ0n) is 20.1. The van der Waals surface area contributed by atoms with E-state index in [1.807, 2.05) is 60.7 Å². The lowest BCUT2D eigenvalue weighted by molar-refractivity contribution is 0.0342. The van der Waals surface area contributed by atoms with E-state index in [0.29, 0.717) is 12.2 Å². The molecule has 1 fully saturated rings. The first-order valence-corrected chi connectivity index (χ1v) is 12.2. The second-order valence-corrected chi connectivity index (χ2v) is 8.82. The zero-order valence-corrected chi connectivity index (χ0v) is 20.1. The Morgan fingerprint density at radius 3 is 2.39 bits per heavy atom. The van der Waals surface area contributed by atoms with Crippen LogP contribution in [0.5, 0.6) is 5.75 Å². The molecule has 0 spiro atoms. The van der Waals surface area contributed by atoms with Gasteiger partial charge < -0.3 is 9.47 Å². The predicted molar refractivity (Wildman–Crippen MR) is 142 cm³/mol. The second kappa shape index (κ2) is 11.6. The van der Waals surface area contributed by atoms with Crippen molar-refractivity contribution in [1.82, 2.24) is 10.3 Å². The second-order valence-electron chi connectivity index (χ2n) is 8.82. The maximum absolute atomic E-state index is 12.4. The van der Waals surface area contributed by atoms with Crippen LogP contribution in [0.25, 0.3) is 10.8 Å². The molecule has 36 heavy (non-hydrogen) atoms. The molecule has 4 aromatic rings. The molecular weight excluding hydrogens is 450 g/mol. The van der Waals surface area contributed by atoms with Crippen molar-refractivity contribution in [2.45, 2.75) is 13.2 Å². The Morgan fingerprint density at radius 1 is 0.889 bits per heavy atom. The average molecular weight is 480 g/mol. The molecule has 0 unspecified atom stereocenters. The monoisotopic (exact) mass is 479 g/mol. The fraction of sp³-hybridized carbons (Fsp3) is 0.200. The van der Waals surface area contributed by atoms with Crippen molar-refractivity contribution in [1.29, 1.82) is 0 Å². The molecule has 0 saturated carbocycles. The SMILES string of the molecule is O=C(NN=Cc1ccc(OCc2ccc3ccccc3c2)cc1)c1ccc(CN2CCOCC2)cc1. The number of hydrogen-bond acceptors (Lipinski definition) is 5. The number of hydrogen-bond donors (Lipinski definition) is 1. The number of benzene rings is 4. The average Bonchev–Trinajstić information content (AvgIpc) is 2.93. The molecular formula is C30H29N3O3. The van der Waals surface area contributed by atoms with Gasteiger partial charge in [-0.1, -0.05) is 48.5 Å². The molecule has 4 aromatic carbocycles. The highest BCUT2D eigenvalue weighted by Crippen LogP contribution is 2.18. The van der Waals surface area contributed by atoms with Gasteiger partial charge in [0.25, 0.3) is 5.91 Å². The minimum Gasteiger partial charge on any atom is -0.489 e.